The summed E-state index contributed by atoms with van der Waals surface area (Å²) in [6.45, 7) is 9.68. The molecule has 5 heteroatoms. The van der Waals surface area contributed by atoms with Gasteiger partial charge in [-0.3, -0.25) is 0 Å². The Morgan fingerprint density at radius 1 is 1.28 bits per heavy atom. The maximum absolute atomic E-state index is 10.1. The third-order valence-electron chi connectivity index (χ3n) is 3.10. The standard InChI is InChI=1S/C13H28O3Si2/c1-12(2)10-17-11-18(3,4)9-7-5-6-8-16-13(14)15/h10H,5-9,11,17H2,1-4H3,(H,14,15). The van der Waals surface area contributed by atoms with Crippen molar-refractivity contribution in [3.05, 3.63) is 11.3 Å². The Labute approximate surface area is 114 Å². The minimum Gasteiger partial charge on any atom is -0.450 e. The maximum atomic E-state index is 10.1. The monoisotopic (exact) mass is 288 g/mol. The Morgan fingerprint density at radius 3 is 2.50 bits per heavy atom. The first kappa shape index (κ1) is 17.4. The van der Waals surface area contributed by atoms with E-state index in [9.17, 15) is 4.79 Å². The lowest BCUT2D eigenvalue weighted by atomic mass is 10.3. The molecule has 0 saturated heterocycles. The van der Waals surface area contributed by atoms with Gasteiger partial charge in [0.05, 0.1) is 6.61 Å². The average Bonchev–Trinajstić information content (AvgIpc) is 2.21. The summed E-state index contributed by atoms with van der Waals surface area (Å²) in [4.78, 5) is 10.1. The van der Waals surface area contributed by atoms with Crippen LogP contribution in [-0.2, 0) is 4.74 Å². The highest BCUT2D eigenvalue weighted by atomic mass is 28.4. The molecular weight excluding hydrogens is 260 g/mol. The van der Waals surface area contributed by atoms with Crippen LogP contribution < -0.4 is 0 Å². The van der Waals surface area contributed by atoms with Gasteiger partial charge in [0, 0.05) is 17.6 Å². The molecule has 0 fully saturated rings. The zero-order valence-corrected chi connectivity index (χ0v) is 14.7. The van der Waals surface area contributed by atoms with Crippen molar-refractivity contribution in [2.75, 3.05) is 6.61 Å². The van der Waals surface area contributed by atoms with Crippen LogP contribution in [0.5, 0.6) is 0 Å². The van der Waals surface area contributed by atoms with Crippen LogP contribution in [0.1, 0.15) is 33.1 Å². The molecule has 0 aliphatic carbocycles. The number of ether oxygens (including phenoxy) is 1. The molecule has 0 heterocycles. The van der Waals surface area contributed by atoms with Crippen LogP contribution in [0.25, 0.3) is 0 Å². The van der Waals surface area contributed by atoms with E-state index in [2.05, 4.69) is 37.4 Å². The second-order valence-electron chi connectivity index (χ2n) is 5.91. The van der Waals surface area contributed by atoms with Crippen molar-refractivity contribution < 1.29 is 14.6 Å². The summed E-state index contributed by atoms with van der Waals surface area (Å²) in [5.41, 5.74) is 5.43. The highest BCUT2D eigenvalue weighted by Crippen LogP contribution is 2.18. The van der Waals surface area contributed by atoms with Gasteiger partial charge in [0.2, 0.25) is 0 Å². The summed E-state index contributed by atoms with van der Waals surface area (Å²) >= 11 is 0. The van der Waals surface area contributed by atoms with E-state index in [-0.39, 0.29) is 9.52 Å². The maximum Gasteiger partial charge on any atom is 0.505 e. The van der Waals surface area contributed by atoms with E-state index in [4.69, 9.17) is 5.11 Å². The molecule has 3 nitrogen and oxygen atoms in total. The summed E-state index contributed by atoms with van der Waals surface area (Å²) in [7, 11) is -0.990. The van der Waals surface area contributed by atoms with E-state index in [0.717, 1.165) is 12.8 Å². The SMILES string of the molecule is CC(C)=C[SiH2]C[Si](C)(C)CCCCCOC(=O)O. The molecule has 0 radical (unpaired) electrons. The zero-order valence-electron chi connectivity index (χ0n) is 12.3. The molecule has 0 aromatic rings. The Kier molecular flexibility index (Phi) is 9.09. The Bertz CT molecular complexity index is 271. The third kappa shape index (κ3) is 11.9. The molecule has 0 rings (SSSR count). The van der Waals surface area contributed by atoms with Crippen molar-refractivity contribution in [2.24, 2.45) is 0 Å². The molecule has 0 bridgehead atoms. The fourth-order valence-electron chi connectivity index (χ4n) is 1.92. The zero-order chi connectivity index (χ0) is 14.0. The average molecular weight is 289 g/mol. The number of carbonyl (C=O) groups is 1. The number of carboxylic acid groups (broad SMARTS) is 1. The fourth-order valence-corrected chi connectivity index (χ4v) is 8.41. The van der Waals surface area contributed by atoms with Gasteiger partial charge in [-0.05, 0) is 20.3 Å². The quantitative estimate of drug-likeness (QED) is 0.400. The number of unbranched alkanes of at least 4 members (excludes halogenated alkanes) is 2. The van der Waals surface area contributed by atoms with Crippen molar-refractivity contribution in [2.45, 2.75) is 57.9 Å². The Balaban J connectivity index is 3.57. The predicted molar refractivity (Wildman–Crippen MR) is 82.9 cm³/mol. The van der Waals surface area contributed by atoms with Crippen LogP contribution in [0.2, 0.25) is 24.8 Å². The Hall–Kier alpha value is -0.556. The summed E-state index contributed by atoms with van der Waals surface area (Å²) < 4.78 is 4.49. The number of hydrogen-bond donors (Lipinski definition) is 1. The highest BCUT2D eigenvalue weighted by Gasteiger charge is 2.18. The number of rotatable bonds is 9. The minimum absolute atomic E-state index is 0.00231. The lowest BCUT2D eigenvalue weighted by Gasteiger charge is -2.21. The van der Waals surface area contributed by atoms with E-state index in [1.54, 1.807) is 0 Å². The van der Waals surface area contributed by atoms with E-state index in [0.29, 0.717) is 6.61 Å². The van der Waals surface area contributed by atoms with Gasteiger partial charge >= 0.3 is 6.16 Å². The van der Waals surface area contributed by atoms with Gasteiger partial charge in [0.25, 0.3) is 0 Å². The van der Waals surface area contributed by atoms with Crippen LogP contribution in [0, 0.1) is 0 Å². The topological polar surface area (TPSA) is 46.5 Å². The molecule has 0 saturated carbocycles. The van der Waals surface area contributed by atoms with E-state index in [1.807, 2.05) is 0 Å². The van der Waals surface area contributed by atoms with Crippen LogP contribution in [-0.4, -0.2) is 35.5 Å². The molecule has 1 N–H and O–H groups in total. The molecule has 0 unspecified atom stereocenters. The molecule has 0 aliphatic rings. The van der Waals surface area contributed by atoms with Crippen LogP contribution >= 0.6 is 0 Å². The molecular formula is C13H28O3Si2. The van der Waals surface area contributed by atoms with Gasteiger partial charge in [-0.25, -0.2) is 4.79 Å². The molecule has 0 spiro atoms. The second-order valence-corrected chi connectivity index (χ2v) is 13.7. The second kappa shape index (κ2) is 9.38. The first-order chi connectivity index (χ1) is 8.33. The van der Waals surface area contributed by atoms with Crippen LogP contribution in [0.15, 0.2) is 11.3 Å². The fraction of sp³-hybridized carbons (Fsp3) is 0.769. The largest absolute Gasteiger partial charge is 0.505 e. The smallest absolute Gasteiger partial charge is 0.450 e. The predicted octanol–water partition coefficient (Wildman–Crippen LogP) is 3.61. The first-order valence-electron chi connectivity index (χ1n) is 6.82. The first-order valence-corrected chi connectivity index (χ1v) is 12.1. The van der Waals surface area contributed by atoms with Crippen molar-refractivity contribution in [3.8, 4) is 0 Å². The van der Waals surface area contributed by atoms with Crippen molar-refractivity contribution >= 4 is 23.7 Å². The van der Waals surface area contributed by atoms with Crippen LogP contribution in [0.3, 0.4) is 0 Å². The summed E-state index contributed by atoms with van der Waals surface area (Å²) in [6.07, 6.45) is 2.03. The summed E-state index contributed by atoms with van der Waals surface area (Å²) in [5, 5.41) is 8.32. The lowest BCUT2D eigenvalue weighted by Crippen LogP contribution is -2.26. The van der Waals surface area contributed by atoms with Gasteiger partial charge in [-0.1, -0.05) is 43.2 Å². The van der Waals surface area contributed by atoms with E-state index >= 15 is 0 Å². The summed E-state index contributed by atoms with van der Waals surface area (Å²) in [6, 6.07) is 1.36. The molecule has 0 amide bonds. The third-order valence-corrected chi connectivity index (χ3v) is 12.5. The number of hydrogen-bond acceptors (Lipinski definition) is 2. The van der Waals surface area contributed by atoms with Crippen LogP contribution in [0.4, 0.5) is 4.79 Å². The van der Waals surface area contributed by atoms with Crippen molar-refractivity contribution in [1.29, 1.82) is 0 Å². The molecule has 18 heavy (non-hydrogen) atoms. The van der Waals surface area contributed by atoms with E-state index < -0.39 is 14.2 Å². The molecule has 0 aromatic heterocycles. The van der Waals surface area contributed by atoms with Crippen molar-refractivity contribution in [1.82, 2.24) is 0 Å². The molecule has 106 valence electrons. The van der Waals surface area contributed by atoms with Gasteiger partial charge in [0.1, 0.15) is 0 Å². The van der Waals surface area contributed by atoms with Gasteiger partial charge in [-0.2, -0.15) is 0 Å². The number of allylic oxidation sites excluding steroid dienone is 1. The normalized spacial score (nSPS) is 11.8. The lowest BCUT2D eigenvalue weighted by molar-refractivity contribution is 0.0901. The minimum atomic E-state index is -1.16. The molecule has 0 aliphatic heterocycles. The van der Waals surface area contributed by atoms with Crippen molar-refractivity contribution in [3.63, 3.8) is 0 Å². The Morgan fingerprint density at radius 2 is 1.94 bits per heavy atom. The molecule has 0 aromatic carbocycles. The van der Waals surface area contributed by atoms with Gasteiger partial charge in [-0.15, -0.1) is 5.70 Å². The van der Waals surface area contributed by atoms with Gasteiger partial charge < -0.3 is 9.84 Å². The van der Waals surface area contributed by atoms with E-state index in [1.165, 1.54) is 23.7 Å². The highest BCUT2D eigenvalue weighted by molar-refractivity contribution is 6.84. The summed E-state index contributed by atoms with van der Waals surface area (Å²) in [5.74, 6) is 0. The van der Waals surface area contributed by atoms with Gasteiger partial charge in [0.15, 0.2) is 0 Å². The molecule has 0 atom stereocenters.